The molecular weight excluding hydrogens is 402 g/mol. The van der Waals surface area contributed by atoms with E-state index in [9.17, 15) is 70.4 Å². The van der Waals surface area contributed by atoms with Gasteiger partial charge in [-0.3, -0.25) is 0 Å². The number of rotatable bonds is 1. The Hall–Kier alpha value is -1.16. The van der Waals surface area contributed by atoms with Crippen molar-refractivity contribution in [3.05, 3.63) is 0 Å². The van der Waals surface area contributed by atoms with Crippen molar-refractivity contribution in [1.29, 1.82) is 0 Å². The van der Waals surface area contributed by atoms with Gasteiger partial charge in [-0.1, -0.05) is 0 Å². The van der Waals surface area contributed by atoms with Gasteiger partial charge in [0.1, 0.15) is 0 Å². The van der Waals surface area contributed by atoms with Gasteiger partial charge in [-0.2, -0.15) is 48.3 Å². The zero-order valence-corrected chi connectivity index (χ0v) is 9.99. The van der Waals surface area contributed by atoms with Crippen LogP contribution in [0.2, 0.25) is 0 Å². The second-order valence-electron chi connectivity index (χ2n) is 4.48. The minimum atomic E-state index is -8.49. The van der Waals surface area contributed by atoms with E-state index in [4.69, 9.17) is 0 Å². The lowest BCUT2D eigenvalue weighted by molar-refractivity contribution is -1.28. The molecule has 0 saturated heterocycles. The molecule has 1 nitrogen and oxygen atoms in total. The first-order chi connectivity index (χ1) is 10.0. The fourth-order valence-corrected chi connectivity index (χ4v) is 1.73. The van der Waals surface area contributed by atoms with Gasteiger partial charge in [0.15, 0.2) is 4.93 Å². The van der Waals surface area contributed by atoms with E-state index < -0.39 is 46.6 Å². The topological polar surface area (TPSA) is 0 Å². The molecule has 0 unspecified atom stereocenters. The largest absolute Gasteiger partial charge is 0.640 e. The van der Waals surface area contributed by atoms with Crippen LogP contribution < -0.4 is 0 Å². The second-order valence-corrected chi connectivity index (χ2v) is 4.48. The molecule has 1 saturated carbocycles. The van der Waals surface area contributed by atoms with E-state index >= 15 is 0 Å². The minimum Gasteiger partial charge on any atom is -0.192 e. The first-order valence-electron chi connectivity index (χ1n) is 4.93. The molecule has 0 aromatic heterocycles. The van der Waals surface area contributed by atoms with Crippen molar-refractivity contribution >= 4 is 0 Å². The van der Waals surface area contributed by atoms with Crippen LogP contribution in [0.25, 0.3) is 0 Å². The van der Waals surface area contributed by atoms with Gasteiger partial charge in [-0.05, 0) is 0 Å². The van der Waals surface area contributed by atoms with Crippen LogP contribution in [-0.4, -0.2) is 46.6 Å². The summed E-state index contributed by atoms with van der Waals surface area (Å²) in [5.41, 5.74) is 0. The molecule has 1 fully saturated rings. The molecule has 0 heterocycles. The number of quaternary nitrogens is 1. The van der Waals surface area contributed by atoms with Crippen LogP contribution in [0, 0.1) is 0 Å². The highest BCUT2D eigenvalue weighted by atomic mass is 19.5. The van der Waals surface area contributed by atoms with Gasteiger partial charge < -0.3 is 0 Å². The lowest BCUT2D eigenvalue weighted by Crippen LogP contribution is -2.89. The zero-order chi connectivity index (χ0) is 20.0. The third-order valence-corrected chi connectivity index (χ3v) is 3.11. The summed E-state index contributed by atoms with van der Waals surface area (Å²) in [6.45, 7) is 0. The van der Waals surface area contributed by atoms with Gasteiger partial charge in [0.05, 0.1) is 8.96 Å². The Morgan fingerprint density at radius 3 is 0.875 bits per heavy atom. The predicted molar refractivity (Wildman–Crippen MR) is 37.1 cm³/mol. The van der Waals surface area contributed by atoms with E-state index in [1.807, 2.05) is 0 Å². The second kappa shape index (κ2) is 4.32. The molecule has 0 N–H and O–H groups in total. The van der Waals surface area contributed by atoms with Crippen molar-refractivity contribution in [1.82, 2.24) is 0 Å². The minimum absolute atomic E-state index is 7.44. The van der Waals surface area contributed by atoms with Crippen LogP contribution in [-0.2, 0) is 0 Å². The molecule has 0 bridgehead atoms. The maximum absolute atomic E-state index is 13.4. The highest BCUT2D eigenvalue weighted by Gasteiger charge is 3.10. The van der Waals surface area contributed by atoms with Crippen molar-refractivity contribution in [3.8, 4) is 0 Å². The molecule has 1 aliphatic carbocycles. The quantitative estimate of drug-likeness (QED) is 0.331. The third kappa shape index (κ3) is 1.63. The number of halogens is 16. The maximum Gasteiger partial charge on any atom is 0.640 e. The van der Waals surface area contributed by atoms with Crippen molar-refractivity contribution in [2.45, 2.75) is 41.7 Å². The SMILES string of the molecule is FC1(F)C(F)(F)C(F)(F)C(F)([N+](F)(F)C(F)(F)F)C(F)(F)C1(F)F. The van der Waals surface area contributed by atoms with Crippen LogP contribution in [0.5, 0.6) is 0 Å². The van der Waals surface area contributed by atoms with Crippen molar-refractivity contribution in [2.24, 2.45) is 0 Å². The Labute approximate surface area is 118 Å². The van der Waals surface area contributed by atoms with Gasteiger partial charge in [0, 0.05) is 0 Å². The summed E-state index contributed by atoms with van der Waals surface area (Å²) < 4.78 is 203. The van der Waals surface area contributed by atoms with E-state index in [1.165, 1.54) is 0 Å². The Kier molecular flexibility index (Phi) is 3.76. The summed E-state index contributed by atoms with van der Waals surface area (Å²) in [5.74, 6) is -49.0. The number of hydrogen-bond donors (Lipinski definition) is 0. The Morgan fingerprint density at radius 2 is 0.667 bits per heavy atom. The number of hydrogen-bond acceptors (Lipinski definition) is 0. The Balaban J connectivity index is 4.04. The fraction of sp³-hybridized carbons (Fsp3) is 1.00. The highest BCUT2D eigenvalue weighted by molar-refractivity contribution is 5.23. The van der Waals surface area contributed by atoms with E-state index in [1.54, 1.807) is 0 Å². The molecule has 1 rings (SSSR count). The van der Waals surface area contributed by atoms with Gasteiger partial charge in [0.25, 0.3) is 0 Å². The van der Waals surface area contributed by atoms with Crippen LogP contribution in [0.4, 0.5) is 70.4 Å². The summed E-state index contributed by atoms with van der Waals surface area (Å²) in [6, 6.07) is 0. The zero-order valence-electron chi connectivity index (χ0n) is 9.99. The molecule has 0 atom stereocenters. The van der Waals surface area contributed by atoms with Crippen LogP contribution in [0.1, 0.15) is 0 Å². The van der Waals surface area contributed by atoms with Gasteiger partial charge in [-0.25, -0.2) is 0 Å². The molecular formula is C7F16N+. The standard InChI is InChI=1S/C7F16N/c8-1(9)2(10,11)4(14,15)6(18,5(16,17)3(1,12)13)24(22,23)7(19,20)21/q+1. The molecule has 0 aromatic carbocycles. The molecule has 1 aliphatic rings. The molecule has 17 heteroatoms. The smallest absolute Gasteiger partial charge is 0.192 e. The van der Waals surface area contributed by atoms with Crippen LogP contribution in [0.15, 0.2) is 0 Å². The molecule has 0 amide bonds. The molecule has 0 aromatic rings. The summed E-state index contributed by atoms with van der Waals surface area (Å²) in [4.78, 5) is -7.44. The molecule has 0 radical (unpaired) electrons. The molecule has 24 heavy (non-hydrogen) atoms. The first-order valence-corrected chi connectivity index (χ1v) is 4.93. The number of nitrogens with zero attached hydrogens (tertiary/aromatic N) is 1. The summed E-state index contributed by atoms with van der Waals surface area (Å²) >= 11 is 0. The number of alkyl halides is 14. The first kappa shape index (κ1) is 20.9. The lowest BCUT2D eigenvalue weighted by Gasteiger charge is -2.50. The monoisotopic (exact) mass is 402 g/mol. The predicted octanol–water partition coefficient (Wildman–Crippen LogP) is 4.95. The highest BCUT2D eigenvalue weighted by Crippen LogP contribution is 2.72. The van der Waals surface area contributed by atoms with Gasteiger partial charge in [0.2, 0.25) is 0 Å². The van der Waals surface area contributed by atoms with Crippen LogP contribution in [0.3, 0.4) is 0 Å². The lowest BCUT2D eigenvalue weighted by atomic mass is 9.76. The van der Waals surface area contributed by atoms with Crippen molar-refractivity contribution in [3.63, 3.8) is 0 Å². The average molecular weight is 402 g/mol. The summed E-state index contributed by atoms with van der Waals surface area (Å²) in [5, 5.41) is 0. The molecule has 0 spiro atoms. The molecule has 144 valence electrons. The van der Waals surface area contributed by atoms with E-state index in [2.05, 4.69) is 0 Å². The summed E-state index contributed by atoms with van der Waals surface area (Å²) in [6.07, 6.45) is -7.90. The maximum atomic E-state index is 13.4. The summed E-state index contributed by atoms with van der Waals surface area (Å²) in [7, 11) is 0. The Morgan fingerprint density at radius 1 is 0.458 bits per heavy atom. The third-order valence-electron chi connectivity index (χ3n) is 3.11. The normalized spacial score (nSPS) is 30.0. The van der Waals surface area contributed by atoms with E-state index in [0.29, 0.717) is 0 Å². The molecule has 0 aliphatic heterocycles. The van der Waals surface area contributed by atoms with E-state index in [-0.39, 0.29) is 0 Å². The fourth-order valence-electron chi connectivity index (χ4n) is 1.73. The van der Waals surface area contributed by atoms with E-state index in [0.717, 1.165) is 0 Å². The average Bonchev–Trinajstić information content (AvgIpc) is 2.33. The van der Waals surface area contributed by atoms with Crippen LogP contribution >= 0.6 is 0 Å². The van der Waals surface area contributed by atoms with Gasteiger partial charge in [-0.15, -0.1) is 13.2 Å². The van der Waals surface area contributed by atoms with Crippen molar-refractivity contribution in [2.75, 3.05) is 0 Å². The Bertz CT molecular complexity index is 497. The van der Waals surface area contributed by atoms with Crippen molar-refractivity contribution < 1.29 is 75.4 Å². The van der Waals surface area contributed by atoms with Gasteiger partial charge >= 0.3 is 41.7 Å².